The molecular weight excluding hydrogens is 579 g/mol. The van der Waals surface area contributed by atoms with Crippen LogP contribution in [0.5, 0.6) is 0 Å². The number of thiazole rings is 2. The average Bonchev–Trinajstić information content (AvgIpc) is 3.68. The molecule has 194 valence electrons. The van der Waals surface area contributed by atoms with Gasteiger partial charge in [-0.2, -0.15) is 4.57 Å². The molecule has 5 aromatic rings. The van der Waals surface area contributed by atoms with Gasteiger partial charge in [0.2, 0.25) is 12.3 Å². The highest BCUT2D eigenvalue weighted by Crippen LogP contribution is 2.46. The molecule has 2 aromatic carbocycles. The quantitative estimate of drug-likeness (QED) is 0.288. The van der Waals surface area contributed by atoms with E-state index in [0.29, 0.717) is 18.1 Å². The second-order valence-electron chi connectivity index (χ2n) is 8.46. The van der Waals surface area contributed by atoms with E-state index in [1.165, 1.54) is 11.3 Å². The number of hydrogen-bond donors (Lipinski definition) is 0. The maximum atomic E-state index is 13.5. The molecule has 6 rings (SSSR count). The lowest BCUT2D eigenvalue weighted by molar-refractivity contribution is -0.687. The van der Waals surface area contributed by atoms with Gasteiger partial charge in [-0.25, -0.2) is 0 Å². The maximum absolute atomic E-state index is 13.5. The summed E-state index contributed by atoms with van der Waals surface area (Å²) in [5.74, 6) is 0.771. The lowest BCUT2D eigenvalue weighted by Gasteiger charge is -2.12. The Kier molecular flexibility index (Phi) is 7.83. The summed E-state index contributed by atoms with van der Waals surface area (Å²) in [5.41, 5.74) is 2.89. The van der Waals surface area contributed by atoms with Gasteiger partial charge >= 0.3 is 0 Å². The fraction of sp³-hybridized carbons (Fsp3) is 0.148. The number of nitrogens with zero attached hydrogens (tertiary/aromatic N) is 4. The summed E-state index contributed by atoms with van der Waals surface area (Å²) in [5, 5.41) is 8.93. The van der Waals surface area contributed by atoms with Crippen LogP contribution in [-0.2, 0) is 13.1 Å². The second kappa shape index (κ2) is 11.1. The minimum absolute atomic E-state index is 0. The molecule has 38 heavy (non-hydrogen) atoms. The molecular formula is C27H22Cl2N4O2S3. The van der Waals surface area contributed by atoms with E-state index in [9.17, 15) is 4.79 Å². The number of halogens is 2. The molecule has 0 unspecified atom stereocenters. The van der Waals surface area contributed by atoms with Crippen molar-refractivity contribution in [3.8, 4) is 11.3 Å². The summed E-state index contributed by atoms with van der Waals surface area (Å²) in [7, 11) is 1.98. The van der Waals surface area contributed by atoms with E-state index in [2.05, 4.69) is 20.7 Å². The predicted octanol–water partition coefficient (Wildman–Crippen LogP) is 1.78. The molecule has 0 spiro atoms. The van der Waals surface area contributed by atoms with Gasteiger partial charge in [-0.1, -0.05) is 70.2 Å². The van der Waals surface area contributed by atoms with Gasteiger partial charge in [-0.15, -0.1) is 11.3 Å². The number of hydrogen-bond acceptors (Lipinski definition) is 7. The van der Waals surface area contributed by atoms with E-state index in [1.54, 1.807) is 23.1 Å². The lowest BCUT2D eigenvalue weighted by Crippen LogP contribution is -3.00. The van der Waals surface area contributed by atoms with Crippen LogP contribution in [0, 0.1) is 0 Å². The van der Waals surface area contributed by atoms with Crippen LogP contribution >= 0.6 is 46.0 Å². The molecule has 0 amide bonds. The second-order valence-corrected chi connectivity index (χ2v) is 11.9. The van der Waals surface area contributed by atoms with E-state index in [-0.39, 0.29) is 18.0 Å². The molecule has 4 heterocycles. The highest BCUT2D eigenvalue weighted by Gasteiger charge is 2.25. The van der Waals surface area contributed by atoms with Crippen LogP contribution in [0.4, 0.5) is 5.69 Å². The number of benzene rings is 2. The van der Waals surface area contributed by atoms with Crippen molar-refractivity contribution in [2.24, 2.45) is 0 Å². The van der Waals surface area contributed by atoms with Crippen LogP contribution in [0.3, 0.4) is 0 Å². The molecule has 0 saturated carbocycles. The molecule has 1 aliphatic rings. The largest absolute Gasteiger partial charge is 1.00 e. The Hall–Kier alpha value is -2.82. The number of aromatic nitrogens is 3. The summed E-state index contributed by atoms with van der Waals surface area (Å²) in [6, 6.07) is 17.8. The van der Waals surface area contributed by atoms with Crippen molar-refractivity contribution in [1.29, 1.82) is 0 Å². The van der Waals surface area contributed by atoms with Crippen LogP contribution in [0.25, 0.3) is 22.4 Å². The standard InChI is InChI=1S/C27H22ClN4O2S3.ClH/c1-3-32-24(37-25(26(32)33)27-30(2)21-13-18(28)9-10-22(21)36-27)15-23-31(11-12-35-23)16-19-14-20(29-34-19)17-7-5-4-6-8-17;/h4-15H,3,16H2,1-2H3;1H/q+1;/p-1/b27-25+;. The Morgan fingerprint density at radius 1 is 1.16 bits per heavy atom. The van der Waals surface area contributed by atoms with Crippen molar-refractivity contribution in [2.75, 3.05) is 11.9 Å². The minimum atomic E-state index is 0. The topological polar surface area (TPSA) is 55.2 Å². The predicted molar refractivity (Wildman–Crippen MR) is 152 cm³/mol. The van der Waals surface area contributed by atoms with Crippen molar-refractivity contribution in [1.82, 2.24) is 9.72 Å². The Morgan fingerprint density at radius 3 is 2.76 bits per heavy atom. The fourth-order valence-corrected chi connectivity index (χ4v) is 7.72. The first-order valence-corrected chi connectivity index (χ1v) is 14.6. The average molecular weight is 602 g/mol. The third kappa shape index (κ3) is 4.97. The normalized spacial score (nSPS) is 14.6. The van der Waals surface area contributed by atoms with Crippen LogP contribution in [0.2, 0.25) is 5.02 Å². The lowest BCUT2D eigenvalue weighted by atomic mass is 10.1. The Morgan fingerprint density at radius 2 is 1.97 bits per heavy atom. The van der Waals surface area contributed by atoms with E-state index < -0.39 is 0 Å². The summed E-state index contributed by atoms with van der Waals surface area (Å²) < 4.78 is 11.2. The van der Waals surface area contributed by atoms with E-state index >= 15 is 0 Å². The minimum Gasteiger partial charge on any atom is -1.00 e. The summed E-state index contributed by atoms with van der Waals surface area (Å²) in [6.07, 6.45) is 4.11. The number of thioether (sulfide) groups is 1. The Bertz CT molecular complexity index is 1790. The summed E-state index contributed by atoms with van der Waals surface area (Å²) in [6.45, 7) is 3.15. The smallest absolute Gasteiger partial charge is 0.271 e. The van der Waals surface area contributed by atoms with Gasteiger partial charge < -0.3 is 21.8 Å². The zero-order valence-electron chi connectivity index (χ0n) is 20.4. The molecule has 0 saturated heterocycles. The zero-order valence-corrected chi connectivity index (χ0v) is 24.4. The molecule has 6 nitrogen and oxygen atoms in total. The third-order valence-corrected chi connectivity index (χ3v) is 9.70. The van der Waals surface area contributed by atoms with Crippen molar-refractivity contribution < 1.29 is 21.5 Å². The number of anilines is 1. The van der Waals surface area contributed by atoms with Crippen molar-refractivity contribution in [3.63, 3.8) is 0 Å². The fourth-order valence-electron chi connectivity index (χ4n) is 4.26. The van der Waals surface area contributed by atoms with Crippen molar-refractivity contribution >= 4 is 62.8 Å². The maximum Gasteiger partial charge on any atom is 0.271 e. The highest BCUT2D eigenvalue weighted by molar-refractivity contribution is 8.08. The number of rotatable bonds is 5. The van der Waals surface area contributed by atoms with Gasteiger partial charge in [-0.3, -0.25) is 9.36 Å². The van der Waals surface area contributed by atoms with Gasteiger partial charge in [-0.05, 0) is 25.1 Å². The molecule has 0 fully saturated rings. The molecule has 11 heteroatoms. The van der Waals surface area contributed by atoms with Gasteiger partial charge in [0.05, 0.1) is 17.1 Å². The van der Waals surface area contributed by atoms with E-state index in [4.69, 9.17) is 16.1 Å². The van der Waals surface area contributed by atoms with E-state index in [1.807, 2.05) is 84.7 Å². The zero-order chi connectivity index (χ0) is 25.5. The Labute approximate surface area is 242 Å². The van der Waals surface area contributed by atoms with Crippen molar-refractivity contribution in [3.05, 3.63) is 102 Å². The van der Waals surface area contributed by atoms with Gasteiger partial charge in [0.1, 0.15) is 19.9 Å². The van der Waals surface area contributed by atoms with Crippen LogP contribution in [0.15, 0.2) is 80.4 Å². The molecule has 3 aromatic heterocycles. The highest BCUT2D eigenvalue weighted by atomic mass is 35.5. The molecule has 0 N–H and O–H groups in total. The molecule has 1 aliphatic heterocycles. The van der Waals surface area contributed by atoms with Crippen LogP contribution in [0.1, 0.15) is 17.7 Å². The third-order valence-electron chi connectivity index (χ3n) is 6.13. The molecule has 0 atom stereocenters. The Balaban J connectivity index is 0.00000294. The summed E-state index contributed by atoms with van der Waals surface area (Å²) >= 11 is 11.0. The summed E-state index contributed by atoms with van der Waals surface area (Å²) in [4.78, 5) is 16.6. The first kappa shape index (κ1) is 26.8. The van der Waals surface area contributed by atoms with E-state index in [0.717, 1.165) is 46.8 Å². The first-order chi connectivity index (χ1) is 18.0. The molecule has 0 aliphatic carbocycles. The van der Waals surface area contributed by atoms with Gasteiger partial charge in [0.15, 0.2) is 6.20 Å². The van der Waals surface area contributed by atoms with Crippen LogP contribution < -0.4 is 36.6 Å². The number of fused-ring (bicyclic) bond motifs is 1. The SMILES string of the molecule is CCn1c(=O)/c(=C2\Sc3ccc(Cl)cc3N2C)s/c1=C\c1scc[n+]1Cc1cc(-c2ccccc2)no1.[Cl-]. The van der Waals surface area contributed by atoms with Gasteiger partial charge in [0.25, 0.3) is 10.6 Å². The molecule has 0 bridgehead atoms. The van der Waals surface area contributed by atoms with Gasteiger partial charge in [0, 0.05) is 35.1 Å². The monoisotopic (exact) mass is 600 g/mol. The van der Waals surface area contributed by atoms with Crippen molar-refractivity contribution in [2.45, 2.75) is 24.9 Å². The first-order valence-electron chi connectivity index (χ1n) is 11.7. The van der Waals surface area contributed by atoms with Crippen LogP contribution in [-0.4, -0.2) is 16.8 Å². The molecule has 0 radical (unpaired) electrons.